The van der Waals surface area contributed by atoms with Gasteiger partial charge in [-0.05, 0) is 30.3 Å². The molecule has 0 unspecified atom stereocenters. The van der Waals surface area contributed by atoms with Gasteiger partial charge >= 0.3 is 6.18 Å². The molecule has 0 aromatic heterocycles. The summed E-state index contributed by atoms with van der Waals surface area (Å²) < 4.78 is 88.9. The van der Waals surface area contributed by atoms with E-state index in [1.165, 1.54) is 24.3 Å². The van der Waals surface area contributed by atoms with Crippen molar-refractivity contribution in [2.45, 2.75) is 16.0 Å². The quantitative estimate of drug-likeness (QED) is 0.768. The monoisotopic (exact) mass is 427 g/mol. The first-order valence-electron chi connectivity index (χ1n) is 7.08. The number of rotatable bonds is 6. The second kappa shape index (κ2) is 7.55. The smallest absolute Gasteiger partial charge is 0.224 e. The van der Waals surface area contributed by atoms with Gasteiger partial charge in [-0.15, -0.1) is 0 Å². The molecule has 0 saturated carbocycles. The second-order valence-corrected chi connectivity index (χ2v) is 9.45. The highest BCUT2D eigenvalue weighted by molar-refractivity contribution is 7.91. The van der Waals surface area contributed by atoms with Crippen LogP contribution in [0, 0.1) is 0 Å². The van der Waals surface area contributed by atoms with E-state index in [0.717, 1.165) is 12.1 Å². The summed E-state index contributed by atoms with van der Waals surface area (Å²) in [6.45, 7) is -0.496. The predicted octanol–water partition coefficient (Wildman–Crippen LogP) is 3.11. The molecule has 26 heavy (non-hydrogen) atoms. The van der Waals surface area contributed by atoms with E-state index >= 15 is 0 Å². The molecule has 5 nitrogen and oxygen atoms in total. The van der Waals surface area contributed by atoms with Crippen molar-refractivity contribution in [3.63, 3.8) is 0 Å². The van der Waals surface area contributed by atoms with E-state index in [2.05, 4.69) is 0 Å². The molecule has 2 aromatic carbocycles. The number of nitrogens with one attached hydrogen (secondary N) is 1. The molecule has 0 heterocycles. The standard InChI is InChI=1S/C15H13ClF3NO4S2/c16-14-7-6-12(10-13(14)15(17,18)19)26(23,24)20-8-9-25(21,22)11-4-2-1-3-5-11/h1-7,10,20H,8-9H2. The third kappa shape index (κ3) is 4.97. The van der Waals surface area contributed by atoms with Gasteiger partial charge in [-0.2, -0.15) is 13.2 Å². The maximum atomic E-state index is 12.8. The van der Waals surface area contributed by atoms with Crippen molar-refractivity contribution in [3.8, 4) is 0 Å². The highest BCUT2D eigenvalue weighted by Gasteiger charge is 2.34. The van der Waals surface area contributed by atoms with Gasteiger partial charge in [0.2, 0.25) is 10.0 Å². The maximum Gasteiger partial charge on any atom is 0.417 e. The first-order chi connectivity index (χ1) is 11.9. The molecule has 0 aliphatic heterocycles. The summed E-state index contributed by atoms with van der Waals surface area (Å²) >= 11 is 5.45. The lowest BCUT2D eigenvalue weighted by molar-refractivity contribution is -0.137. The van der Waals surface area contributed by atoms with Crippen molar-refractivity contribution in [1.82, 2.24) is 4.72 Å². The number of alkyl halides is 3. The molecule has 0 aliphatic rings. The molecule has 0 radical (unpaired) electrons. The Morgan fingerprint density at radius 3 is 2.12 bits per heavy atom. The Morgan fingerprint density at radius 2 is 1.54 bits per heavy atom. The van der Waals surface area contributed by atoms with Crippen LogP contribution in [0.1, 0.15) is 5.56 Å². The molecule has 2 aromatic rings. The van der Waals surface area contributed by atoms with Crippen LogP contribution >= 0.6 is 11.6 Å². The van der Waals surface area contributed by atoms with Gasteiger partial charge in [0.15, 0.2) is 9.84 Å². The van der Waals surface area contributed by atoms with Gasteiger partial charge in [-0.1, -0.05) is 29.8 Å². The van der Waals surface area contributed by atoms with Gasteiger partial charge in [-0.3, -0.25) is 0 Å². The van der Waals surface area contributed by atoms with Crippen molar-refractivity contribution >= 4 is 31.5 Å². The largest absolute Gasteiger partial charge is 0.417 e. The topological polar surface area (TPSA) is 80.3 Å². The summed E-state index contributed by atoms with van der Waals surface area (Å²) in [6.07, 6.45) is -4.82. The molecule has 0 fully saturated rings. The minimum atomic E-state index is -4.82. The zero-order valence-electron chi connectivity index (χ0n) is 13.0. The third-order valence-electron chi connectivity index (χ3n) is 3.32. The van der Waals surface area contributed by atoms with Crippen LogP contribution in [-0.2, 0) is 26.0 Å². The highest BCUT2D eigenvalue weighted by Crippen LogP contribution is 2.35. The zero-order valence-corrected chi connectivity index (χ0v) is 15.4. The fourth-order valence-electron chi connectivity index (χ4n) is 2.03. The first-order valence-corrected chi connectivity index (χ1v) is 10.6. The number of sulfonamides is 1. The Labute approximate surface area is 153 Å². The Bertz CT molecular complexity index is 991. The molecular formula is C15H13ClF3NO4S2. The Hall–Kier alpha value is -1.62. The average molecular weight is 428 g/mol. The molecule has 0 bridgehead atoms. The minimum absolute atomic E-state index is 0.0186. The van der Waals surface area contributed by atoms with Crippen LogP contribution in [-0.4, -0.2) is 29.1 Å². The van der Waals surface area contributed by atoms with Crippen molar-refractivity contribution in [1.29, 1.82) is 0 Å². The third-order valence-corrected chi connectivity index (χ3v) is 6.84. The van der Waals surface area contributed by atoms with Crippen LogP contribution in [0.4, 0.5) is 13.2 Å². The van der Waals surface area contributed by atoms with E-state index in [1.807, 2.05) is 4.72 Å². The van der Waals surface area contributed by atoms with Crippen molar-refractivity contribution in [2.24, 2.45) is 0 Å². The van der Waals surface area contributed by atoms with E-state index in [0.29, 0.717) is 6.07 Å². The van der Waals surface area contributed by atoms with Gasteiger partial charge < -0.3 is 0 Å². The SMILES string of the molecule is O=S(=O)(CCNS(=O)(=O)c1ccc(Cl)c(C(F)(F)F)c1)c1ccccc1. The average Bonchev–Trinajstić information content (AvgIpc) is 2.54. The lowest BCUT2D eigenvalue weighted by atomic mass is 10.2. The summed E-state index contributed by atoms with van der Waals surface area (Å²) in [4.78, 5) is -0.642. The van der Waals surface area contributed by atoms with E-state index in [9.17, 15) is 30.0 Å². The van der Waals surface area contributed by atoms with E-state index < -0.39 is 53.8 Å². The Kier molecular flexibility index (Phi) is 6.01. The van der Waals surface area contributed by atoms with Gasteiger partial charge in [0.05, 0.1) is 26.1 Å². The van der Waals surface area contributed by atoms with Crippen LogP contribution < -0.4 is 4.72 Å². The molecule has 0 spiro atoms. The van der Waals surface area contributed by atoms with Gasteiger partial charge in [0.1, 0.15) is 0 Å². The molecular weight excluding hydrogens is 415 g/mol. The van der Waals surface area contributed by atoms with E-state index in [1.54, 1.807) is 6.07 Å². The normalized spacial score (nSPS) is 12.9. The minimum Gasteiger partial charge on any atom is -0.224 e. The maximum absolute atomic E-state index is 12.8. The molecule has 142 valence electrons. The summed E-state index contributed by atoms with van der Waals surface area (Å²) in [7, 11) is -8.07. The number of halogens is 4. The molecule has 11 heteroatoms. The van der Waals surface area contributed by atoms with Gasteiger partial charge in [0, 0.05) is 6.54 Å². The Morgan fingerprint density at radius 1 is 0.923 bits per heavy atom. The lowest BCUT2D eigenvalue weighted by Gasteiger charge is -2.12. The van der Waals surface area contributed by atoms with Crippen molar-refractivity contribution < 1.29 is 30.0 Å². The Balaban J connectivity index is 2.15. The van der Waals surface area contributed by atoms with Crippen molar-refractivity contribution in [2.75, 3.05) is 12.3 Å². The molecule has 0 saturated heterocycles. The predicted molar refractivity (Wildman–Crippen MR) is 90.1 cm³/mol. The first kappa shape index (κ1) is 20.7. The number of sulfone groups is 1. The molecule has 1 N–H and O–H groups in total. The van der Waals surface area contributed by atoms with Crippen LogP contribution in [0.2, 0.25) is 5.02 Å². The number of benzene rings is 2. The van der Waals surface area contributed by atoms with Gasteiger partial charge in [0.25, 0.3) is 0 Å². The summed E-state index contributed by atoms with van der Waals surface area (Å²) in [5.41, 5.74) is -1.29. The van der Waals surface area contributed by atoms with E-state index in [-0.39, 0.29) is 4.90 Å². The van der Waals surface area contributed by atoms with Crippen LogP contribution in [0.3, 0.4) is 0 Å². The summed E-state index contributed by atoms with van der Waals surface area (Å²) in [5.74, 6) is -0.546. The number of hydrogen-bond acceptors (Lipinski definition) is 4. The van der Waals surface area contributed by atoms with Crippen LogP contribution in [0.15, 0.2) is 58.3 Å². The molecule has 2 rings (SSSR count). The lowest BCUT2D eigenvalue weighted by Crippen LogP contribution is -2.29. The molecule has 0 amide bonds. The number of hydrogen-bond donors (Lipinski definition) is 1. The second-order valence-electron chi connectivity index (χ2n) is 5.17. The van der Waals surface area contributed by atoms with E-state index in [4.69, 9.17) is 11.6 Å². The van der Waals surface area contributed by atoms with Crippen LogP contribution in [0.5, 0.6) is 0 Å². The zero-order chi connectivity index (χ0) is 19.6. The summed E-state index contributed by atoms with van der Waals surface area (Å²) in [6, 6.07) is 9.51. The molecule has 0 aliphatic carbocycles. The molecule has 0 atom stereocenters. The fourth-order valence-corrected chi connectivity index (χ4v) is 4.62. The highest BCUT2D eigenvalue weighted by atomic mass is 35.5. The van der Waals surface area contributed by atoms with Gasteiger partial charge in [-0.25, -0.2) is 21.6 Å². The van der Waals surface area contributed by atoms with Crippen LogP contribution in [0.25, 0.3) is 0 Å². The fraction of sp³-hybridized carbons (Fsp3) is 0.200. The van der Waals surface area contributed by atoms with Crippen molar-refractivity contribution in [3.05, 3.63) is 59.1 Å². The summed E-state index contributed by atoms with van der Waals surface area (Å²) in [5, 5.41) is -0.636.